The largest absolute Gasteiger partial charge is 0.355 e. The molecule has 0 fully saturated rings. The summed E-state index contributed by atoms with van der Waals surface area (Å²) in [5.41, 5.74) is 1.43. The van der Waals surface area contributed by atoms with Crippen molar-refractivity contribution in [2.75, 3.05) is 18.8 Å². The van der Waals surface area contributed by atoms with Gasteiger partial charge in [0, 0.05) is 24.9 Å². The van der Waals surface area contributed by atoms with Gasteiger partial charge >= 0.3 is 0 Å². The van der Waals surface area contributed by atoms with Crippen molar-refractivity contribution in [1.82, 2.24) is 10.6 Å². The quantitative estimate of drug-likeness (QED) is 0.626. The Labute approximate surface area is 131 Å². The predicted molar refractivity (Wildman–Crippen MR) is 87.6 cm³/mol. The summed E-state index contributed by atoms with van der Waals surface area (Å²) in [6, 6.07) is 8.32. The molecule has 4 nitrogen and oxygen atoms in total. The fraction of sp³-hybridized carbons (Fsp3) is 0.500. The van der Waals surface area contributed by atoms with Crippen molar-refractivity contribution in [2.45, 2.75) is 38.0 Å². The first-order chi connectivity index (χ1) is 9.79. The average Bonchev–Trinajstić information content (AvgIpc) is 2.40. The van der Waals surface area contributed by atoms with Gasteiger partial charge in [0.1, 0.15) is 0 Å². The maximum atomic E-state index is 11.6. The average molecular weight is 308 g/mol. The third-order valence-electron chi connectivity index (χ3n) is 2.91. The van der Waals surface area contributed by atoms with Crippen LogP contribution >= 0.6 is 11.8 Å². The summed E-state index contributed by atoms with van der Waals surface area (Å²) in [4.78, 5) is 23.4. The van der Waals surface area contributed by atoms with E-state index in [0.717, 1.165) is 4.90 Å². The molecule has 0 atom stereocenters. The molecule has 21 heavy (non-hydrogen) atoms. The Morgan fingerprint density at radius 3 is 2.14 bits per heavy atom. The summed E-state index contributed by atoms with van der Waals surface area (Å²) in [5.74, 6) is 0.275. The van der Waals surface area contributed by atoms with Crippen LogP contribution in [0.4, 0.5) is 0 Å². The van der Waals surface area contributed by atoms with E-state index in [9.17, 15) is 9.59 Å². The van der Waals surface area contributed by atoms with Crippen LogP contribution in [0.25, 0.3) is 0 Å². The van der Waals surface area contributed by atoms with Crippen LogP contribution in [0.1, 0.15) is 33.3 Å². The number of hydrogen-bond donors (Lipinski definition) is 2. The van der Waals surface area contributed by atoms with Gasteiger partial charge in [-0.2, -0.15) is 0 Å². The lowest BCUT2D eigenvalue weighted by atomic mass is 9.87. The fourth-order valence-corrected chi connectivity index (χ4v) is 2.42. The van der Waals surface area contributed by atoms with Crippen LogP contribution in [0.5, 0.6) is 0 Å². The number of rotatable bonds is 6. The first-order valence-corrected chi connectivity index (χ1v) is 8.02. The highest BCUT2D eigenvalue weighted by molar-refractivity contribution is 8.00. The Morgan fingerprint density at radius 2 is 1.62 bits per heavy atom. The Morgan fingerprint density at radius 1 is 1.05 bits per heavy atom. The molecule has 0 unspecified atom stereocenters. The molecule has 116 valence electrons. The molecule has 0 aromatic heterocycles. The van der Waals surface area contributed by atoms with Crippen LogP contribution in [0.2, 0.25) is 0 Å². The normalized spacial score (nSPS) is 11.0. The van der Waals surface area contributed by atoms with E-state index in [-0.39, 0.29) is 17.2 Å². The first-order valence-electron chi connectivity index (χ1n) is 7.03. The van der Waals surface area contributed by atoms with Gasteiger partial charge in [-0.3, -0.25) is 9.59 Å². The molecule has 0 radical (unpaired) electrons. The zero-order chi connectivity index (χ0) is 15.9. The monoisotopic (exact) mass is 308 g/mol. The number of thioether (sulfide) groups is 1. The molecule has 0 heterocycles. The molecule has 2 amide bonds. The molecule has 0 aliphatic heterocycles. The molecule has 1 aromatic rings. The summed E-state index contributed by atoms with van der Waals surface area (Å²) < 4.78 is 0. The van der Waals surface area contributed by atoms with E-state index in [1.54, 1.807) is 0 Å². The molecular formula is C16H24N2O2S. The van der Waals surface area contributed by atoms with Crippen LogP contribution < -0.4 is 10.6 Å². The van der Waals surface area contributed by atoms with Gasteiger partial charge in [0.05, 0.1) is 5.75 Å². The molecule has 1 aromatic carbocycles. The van der Waals surface area contributed by atoms with Gasteiger partial charge < -0.3 is 10.6 Å². The summed E-state index contributed by atoms with van der Waals surface area (Å²) >= 11 is 1.51. The van der Waals surface area contributed by atoms with E-state index in [1.807, 2.05) is 0 Å². The fourth-order valence-electron chi connectivity index (χ4n) is 1.69. The van der Waals surface area contributed by atoms with Crippen molar-refractivity contribution >= 4 is 23.6 Å². The summed E-state index contributed by atoms with van der Waals surface area (Å²) in [6.45, 7) is 8.92. The summed E-state index contributed by atoms with van der Waals surface area (Å²) in [6.07, 6.45) is 0. The molecule has 0 bridgehead atoms. The first kappa shape index (κ1) is 17.6. The molecule has 0 saturated heterocycles. The molecular weight excluding hydrogens is 284 g/mol. The number of carbonyl (C=O) groups excluding carboxylic acids is 2. The second kappa shape index (κ2) is 8.08. The Bertz CT molecular complexity index is 478. The number of carbonyl (C=O) groups is 2. The lowest BCUT2D eigenvalue weighted by Gasteiger charge is -2.19. The summed E-state index contributed by atoms with van der Waals surface area (Å²) in [7, 11) is 0. The third-order valence-corrected chi connectivity index (χ3v) is 3.92. The van der Waals surface area contributed by atoms with E-state index in [2.05, 4.69) is 55.7 Å². The second-order valence-corrected chi connectivity index (χ2v) is 6.94. The van der Waals surface area contributed by atoms with E-state index in [1.165, 1.54) is 24.2 Å². The molecule has 0 aliphatic carbocycles. The van der Waals surface area contributed by atoms with Crippen molar-refractivity contribution in [1.29, 1.82) is 0 Å². The minimum atomic E-state index is -0.0856. The third kappa shape index (κ3) is 7.18. The van der Waals surface area contributed by atoms with Crippen LogP contribution in [-0.4, -0.2) is 30.7 Å². The Hall–Kier alpha value is -1.49. The van der Waals surface area contributed by atoms with Gasteiger partial charge in [0.25, 0.3) is 0 Å². The van der Waals surface area contributed by atoms with Gasteiger partial charge in [-0.1, -0.05) is 32.9 Å². The van der Waals surface area contributed by atoms with Crippen LogP contribution in [0, 0.1) is 0 Å². The SMILES string of the molecule is CC(=O)NCCNC(=O)CSc1ccc(C(C)(C)C)cc1. The van der Waals surface area contributed by atoms with Crippen LogP contribution in [-0.2, 0) is 15.0 Å². The second-order valence-electron chi connectivity index (χ2n) is 5.90. The highest BCUT2D eigenvalue weighted by Gasteiger charge is 2.13. The maximum Gasteiger partial charge on any atom is 0.230 e. The number of benzene rings is 1. The van der Waals surface area contributed by atoms with Gasteiger partial charge in [-0.05, 0) is 23.1 Å². The van der Waals surface area contributed by atoms with Crippen LogP contribution in [0.3, 0.4) is 0 Å². The smallest absolute Gasteiger partial charge is 0.230 e. The molecule has 1 rings (SSSR count). The standard InChI is InChI=1S/C16H24N2O2S/c1-12(19)17-9-10-18-15(20)11-21-14-7-5-13(6-8-14)16(2,3)4/h5-8H,9-11H2,1-4H3,(H,17,19)(H,18,20). The van der Waals surface area contributed by atoms with Crippen LogP contribution in [0.15, 0.2) is 29.2 Å². The van der Waals surface area contributed by atoms with Crippen molar-refractivity contribution in [2.24, 2.45) is 0 Å². The molecule has 0 aliphatic rings. The molecule has 5 heteroatoms. The predicted octanol–water partition coefficient (Wildman–Crippen LogP) is 2.33. The zero-order valence-corrected chi connectivity index (χ0v) is 14.0. The van der Waals surface area contributed by atoms with E-state index in [0.29, 0.717) is 18.8 Å². The zero-order valence-electron chi connectivity index (χ0n) is 13.2. The highest BCUT2D eigenvalue weighted by Crippen LogP contribution is 2.25. The van der Waals surface area contributed by atoms with E-state index in [4.69, 9.17) is 0 Å². The van der Waals surface area contributed by atoms with Crippen molar-refractivity contribution < 1.29 is 9.59 Å². The number of nitrogens with one attached hydrogen (secondary N) is 2. The minimum absolute atomic E-state index is 0.0229. The maximum absolute atomic E-state index is 11.6. The van der Waals surface area contributed by atoms with Gasteiger partial charge in [0.15, 0.2) is 0 Å². The van der Waals surface area contributed by atoms with Crippen molar-refractivity contribution in [3.63, 3.8) is 0 Å². The summed E-state index contributed by atoms with van der Waals surface area (Å²) in [5, 5.41) is 5.40. The number of hydrogen-bond acceptors (Lipinski definition) is 3. The molecule has 2 N–H and O–H groups in total. The molecule has 0 spiro atoms. The van der Waals surface area contributed by atoms with Gasteiger partial charge in [-0.15, -0.1) is 11.8 Å². The van der Waals surface area contributed by atoms with Gasteiger partial charge in [-0.25, -0.2) is 0 Å². The van der Waals surface area contributed by atoms with Crippen molar-refractivity contribution in [3.8, 4) is 0 Å². The van der Waals surface area contributed by atoms with E-state index < -0.39 is 0 Å². The lowest BCUT2D eigenvalue weighted by Crippen LogP contribution is -2.34. The lowest BCUT2D eigenvalue weighted by molar-refractivity contribution is -0.120. The topological polar surface area (TPSA) is 58.2 Å². The Balaban J connectivity index is 2.31. The highest BCUT2D eigenvalue weighted by atomic mass is 32.2. The molecule has 0 saturated carbocycles. The van der Waals surface area contributed by atoms with Gasteiger partial charge in [0.2, 0.25) is 11.8 Å². The van der Waals surface area contributed by atoms with Crippen molar-refractivity contribution in [3.05, 3.63) is 29.8 Å². The minimum Gasteiger partial charge on any atom is -0.355 e. The number of amides is 2. The van der Waals surface area contributed by atoms with E-state index >= 15 is 0 Å². The Kier molecular flexibility index (Phi) is 6.75.